The molecule has 33 heavy (non-hydrogen) atoms. The van der Waals surface area contributed by atoms with Crippen molar-refractivity contribution in [2.75, 3.05) is 0 Å². The highest BCUT2D eigenvalue weighted by Crippen LogP contribution is 2.33. The summed E-state index contributed by atoms with van der Waals surface area (Å²) in [6, 6.07) is 21.6. The smallest absolute Gasteiger partial charge is 0.229 e. The first-order valence-electron chi connectivity index (χ1n) is 10.4. The zero-order valence-corrected chi connectivity index (χ0v) is 18.3. The number of phenolic OH excluding ortho intramolecular Hbond substituents is 2. The molecule has 5 N–H and O–H groups in total. The summed E-state index contributed by atoms with van der Waals surface area (Å²) in [7, 11) is 0. The van der Waals surface area contributed by atoms with Crippen LogP contribution >= 0.6 is 11.3 Å². The van der Waals surface area contributed by atoms with E-state index < -0.39 is 0 Å². The van der Waals surface area contributed by atoms with E-state index in [1.54, 1.807) is 53.9 Å². The normalized spacial score (nSPS) is 13.3. The van der Waals surface area contributed by atoms with E-state index in [1.807, 2.05) is 24.3 Å². The zero-order chi connectivity index (χ0) is 22.8. The lowest BCUT2D eigenvalue weighted by atomic mass is 10.1. The van der Waals surface area contributed by atoms with Crippen LogP contribution in [0, 0.1) is 0 Å². The molecule has 5 rings (SSSR count). The molecule has 3 aromatic carbocycles. The molecule has 0 spiro atoms. The summed E-state index contributed by atoms with van der Waals surface area (Å²) < 4.78 is 1.15. The van der Waals surface area contributed by atoms with Crippen molar-refractivity contribution >= 4 is 38.7 Å². The van der Waals surface area contributed by atoms with Crippen molar-refractivity contribution in [2.45, 2.75) is 6.42 Å². The van der Waals surface area contributed by atoms with Gasteiger partial charge in [-0.1, -0.05) is 30.3 Å². The van der Waals surface area contributed by atoms with Gasteiger partial charge in [0.15, 0.2) is 0 Å². The average molecular weight is 456 g/mol. The van der Waals surface area contributed by atoms with Gasteiger partial charge in [0.2, 0.25) is 5.91 Å². The summed E-state index contributed by atoms with van der Waals surface area (Å²) in [5, 5.41) is 31.9. The molecule has 4 aromatic rings. The molecule has 164 valence electrons. The quantitative estimate of drug-likeness (QED) is 0.306. The maximum absolute atomic E-state index is 12.8. The Labute approximate surface area is 194 Å². The van der Waals surface area contributed by atoms with Crippen LogP contribution in [0.4, 0.5) is 0 Å². The molecule has 0 aliphatic carbocycles. The Bertz CT molecular complexity index is 1390. The predicted octanol–water partition coefficient (Wildman–Crippen LogP) is 4.49. The molecule has 1 amide bonds. The van der Waals surface area contributed by atoms with Gasteiger partial charge in [-0.2, -0.15) is 0 Å². The lowest BCUT2D eigenvalue weighted by molar-refractivity contribution is -0.119. The van der Waals surface area contributed by atoms with E-state index in [0.717, 1.165) is 38.2 Å². The molecule has 0 radical (unpaired) electrons. The van der Waals surface area contributed by atoms with Crippen LogP contribution in [0.5, 0.6) is 11.5 Å². The average Bonchev–Trinajstić information content (AvgIpc) is 3.25. The maximum atomic E-state index is 12.8. The first kappa shape index (κ1) is 20.7. The van der Waals surface area contributed by atoms with Gasteiger partial charge in [-0.25, -0.2) is 0 Å². The van der Waals surface area contributed by atoms with Crippen LogP contribution in [0.3, 0.4) is 0 Å². The highest BCUT2D eigenvalue weighted by molar-refractivity contribution is 7.17. The van der Waals surface area contributed by atoms with Crippen molar-refractivity contribution in [2.24, 2.45) is 0 Å². The van der Waals surface area contributed by atoms with Crippen LogP contribution in [0.1, 0.15) is 16.7 Å². The van der Waals surface area contributed by atoms with Gasteiger partial charge in [0.1, 0.15) is 17.3 Å². The van der Waals surface area contributed by atoms with Gasteiger partial charge < -0.3 is 26.2 Å². The number of nitrogens with one attached hydrogen (secondary N) is 3. The molecule has 0 unspecified atom stereocenters. The summed E-state index contributed by atoms with van der Waals surface area (Å²) in [4.78, 5) is 12.8. The first-order chi connectivity index (χ1) is 16.1. The van der Waals surface area contributed by atoms with Crippen molar-refractivity contribution in [1.29, 1.82) is 0 Å². The second kappa shape index (κ2) is 8.72. The minimum atomic E-state index is -0.177. The molecule has 1 aliphatic heterocycles. The number of rotatable bonds is 5. The molecule has 0 atom stereocenters. The molecular weight excluding hydrogens is 434 g/mol. The standard InChI is InChI=1S/C26H21N3O3S/c30-18-9-5-16(6-10-18)13-24(32)29-26-25(21-15-33-23-4-2-1-3-20(21)23)28-22(14-27-26)17-7-11-19(31)12-8-17/h1-12,14-15,27-28,30-31H,13H2,(H,29,32). The van der Waals surface area contributed by atoms with E-state index in [1.165, 1.54) is 0 Å². The largest absolute Gasteiger partial charge is 0.508 e. The van der Waals surface area contributed by atoms with Crippen LogP contribution in [-0.4, -0.2) is 16.1 Å². The summed E-state index contributed by atoms with van der Waals surface area (Å²) in [5.41, 5.74) is 4.26. The third-order valence-corrected chi connectivity index (χ3v) is 6.33. The molecule has 6 nitrogen and oxygen atoms in total. The highest BCUT2D eigenvalue weighted by Gasteiger charge is 2.21. The Balaban J connectivity index is 1.47. The number of aromatic hydroxyl groups is 2. The fourth-order valence-electron chi connectivity index (χ4n) is 3.70. The summed E-state index contributed by atoms with van der Waals surface area (Å²) in [5.74, 6) is 0.747. The Morgan fingerprint density at radius 1 is 0.909 bits per heavy atom. The zero-order valence-electron chi connectivity index (χ0n) is 17.5. The van der Waals surface area contributed by atoms with E-state index in [0.29, 0.717) is 5.82 Å². The van der Waals surface area contributed by atoms with E-state index in [4.69, 9.17) is 0 Å². The molecule has 0 saturated heterocycles. The summed E-state index contributed by atoms with van der Waals surface area (Å²) in [6.07, 6.45) is 1.97. The SMILES string of the molecule is O=C(Cc1ccc(O)cc1)NC1=C(c2csc3ccccc23)NC(c2ccc(O)cc2)=CN1. The maximum Gasteiger partial charge on any atom is 0.229 e. The van der Waals surface area contributed by atoms with Crippen molar-refractivity contribution in [1.82, 2.24) is 16.0 Å². The van der Waals surface area contributed by atoms with E-state index in [9.17, 15) is 15.0 Å². The molecule has 0 bridgehead atoms. The van der Waals surface area contributed by atoms with Gasteiger partial charge in [0, 0.05) is 27.2 Å². The van der Waals surface area contributed by atoms with Gasteiger partial charge in [-0.05, 0) is 53.6 Å². The fraction of sp³-hybridized carbons (Fsp3) is 0.0385. The van der Waals surface area contributed by atoms with E-state index >= 15 is 0 Å². The summed E-state index contributed by atoms with van der Waals surface area (Å²) >= 11 is 1.64. The molecular formula is C26H21N3O3S. The highest BCUT2D eigenvalue weighted by atomic mass is 32.1. The fourth-order valence-corrected chi connectivity index (χ4v) is 4.65. The second-order valence-corrected chi connectivity index (χ2v) is 8.57. The van der Waals surface area contributed by atoms with Gasteiger partial charge in [-0.3, -0.25) is 4.79 Å². The molecule has 7 heteroatoms. The van der Waals surface area contributed by atoms with Crippen molar-refractivity contribution in [3.63, 3.8) is 0 Å². The number of hydrogen-bond acceptors (Lipinski definition) is 6. The second-order valence-electron chi connectivity index (χ2n) is 7.66. The third kappa shape index (κ3) is 4.40. The van der Waals surface area contributed by atoms with Crippen LogP contribution in [0.15, 0.2) is 90.2 Å². The van der Waals surface area contributed by atoms with Gasteiger partial charge >= 0.3 is 0 Å². The number of thiophene rings is 1. The number of amides is 1. The summed E-state index contributed by atoms with van der Waals surface area (Å²) in [6.45, 7) is 0. The lowest BCUT2D eigenvalue weighted by Gasteiger charge is -2.24. The molecule has 0 saturated carbocycles. The minimum Gasteiger partial charge on any atom is -0.508 e. The van der Waals surface area contributed by atoms with Crippen molar-refractivity contribution in [3.05, 3.63) is 107 Å². The molecule has 0 fully saturated rings. The number of carbonyl (C=O) groups is 1. The predicted molar refractivity (Wildman–Crippen MR) is 131 cm³/mol. The lowest BCUT2D eigenvalue weighted by Crippen LogP contribution is -2.36. The molecule has 1 aliphatic rings. The Kier molecular flexibility index (Phi) is 5.46. The number of hydrogen-bond donors (Lipinski definition) is 5. The van der Waals surface area contributed by atoms with Crippen molar-refractivity contribution in [3.8, 4) is 11.5 Å². The van der Waals surface area contributed by atoms with Gasteiger partial charge in [-0.15, -0.1) is 11.3 Å². The Hall–Kier alpha value is -4.23. The van der Waals surface area contributed by atoms with Gasteiger partial charge in [0.05, 0.1) is 17.8 Å². The Morgan fingerprint density at radius 3 is 2.36 bits per heavy atom. The first-order valence-corrected chi connectivity index (χ1v) is 11.3. The van der Waals surface area contributed by atoms with Crippen LogP contribution in [-0.2, 0) is 11.2 Å². The van der Waals surface area contributed by atoms with Crippen LogP contribution in [0.2, 0.25) is 0 Å². The topological polar surface area (TPSA) is 93.6 Å². The van der Waals surface area contributed by atoms with Crippen LogP contribution < -0.4 is 16.0 Å². The van der Waals surface area contributed by atoms with E-state index in [-0.39, 0.29) is 23.8 Å². The monoisotopic (exact) mass is 455 g/mol. The van der Waals surface area contributed by atoms with E-state index in [2.05, 4.69) is 33.5 Å². The van der Waals surface area contributed by atoms with Crippen molar-refractivity contribution < 1.29 is 15.0 Å². The molecule has 2 heterocycles. The number of fused-ring (bicyclic) bond motifs is 1. The number of benzene rings is 3. The Morgan fingerprint density at radius 2 is 1.61 bits per heavy atom. The van der Waals surface area contributed by atoms with Crippen LogP contribution in [0.25, 0.3) is 21.5 Å². The third-order valence-electron chi connectivity index (χ3n) is 5.36. The number of phenols is 2. The number of carbonyl (C=O) groups excluding carboxylic acids is 1. The molecule has 1 aromatic heterocycles. The minimum absolute atomic E-state index is 0.165. The van der Waals surface area contributed by atoms with Gasteiger partial charge in [0.25, 0.3) is 0 Å².